The van der Waals surface area contributed by atoms with Crippen molar-refractivity contribution in [1.29, 1.82) is 0 Å². The molecule has 30 heavy (non-hydrogen) atoms. The van der Waals surface area contributed by atoms with Crippen LogP contribution >= 0.6 is 11.6 Å². The second-order valence-corrected chi connectivity index (χ2v) is 8.19. The highest BCUT2D eigenvalue weighted by atomic mass is 35.5. The molecular formula is C21H19ClN2O5S. The number of amides is 1. The van der Waals surface area contributed by atoms with Crippen LogP contribution in [-0.4, -0.2) is 28.0 Å². The third-order valence-corrected chi connectivity index (χ3v) is 5.69. The number of benzene rings is 3. The van der Waals surface area contributed by atoms with Crippen molar-refractivity contribution in [2.75, 3.05) is 23.8 Å². The predicted octanol–water partition coefficient (Wildman–Crippen LogP) is 4.17. The van der Waals surface area contributed by atoms with Crippen molar-refractivity contribution in [1.82, 2.24) is 0 Å². The number of sulfonamides is 1. The maximum absolute atomic E-state index is 12.6. The highest BCUT2D eigenvalue weighted by Gasteiger charge is 2.16. The molecule has 0 atom stereocenters. The highest BCUT2D eigenvalue weighted by Crippen LogP contribution is 2.26. The van der Waals surface area contributed by atoms with Crippen molar-refractivity contribution >= 4 is 38.9 Å². The summed E-state index contributed by atoms with van der Waals surface area (Å²) < 4.78 is 38.2. The van der Waals surface area contributed by atoms with Gasteiger partial charge in [-0.05, 0) is 48.5 Å². The maximum Gasteiger partial charge on any atom is 0.262 e. The summed E-state index contributed by atoms with van der Waals surface area (Å²) in [5.74, 6) is 0.402. The molecule has 3 aromatic rings. The third kappa shape index (κ3) is 5.43. The average molecular weight is 447 g/mol. The summed E-state index contributed by atoms with van der Waals surface area (Å²) in [6, 6.07) is 19.3. The molecule has 2 N–H and O–H groups in total. The molecule has 3 aromatic carbocycles. The summed E-state index contributed by atoms with van der Waals surface area (Å²) in [6.07, 6.45) is 0. The number of hydrogen-bond donors (Lipinski definition) is 2. The van der Waals surface area contributed by atoms with Crippen molar-refractivity contribution < 1.29 is 22.7 Å². The lowest BCUT2D eigenvalue weighted by Crippen LogP contribution is -2.20. The fraction of sp³-hybridized carbons (Fsp3) is 0.0952. The van der Waals surface area contributed by atoms with Gasteiger partial charge in [0.25, 0.3) is 15.9 Å². The number of carbonyl (C=O) groups is 1. The molecule has 0 saturated carbocycles. The van der Waals surface area contributed by atoms with E-state index in [-0.39, 0.29) is 11.5 Å². The summed E-state index contributed by atoms with van der Waals surface area (Å²) in [5, 5.41) is 3.04. The Labute approximate surface area is 179 Å². The van der Waals surface area contributed by atoms with E-state index in [9.17, 15) is 13.2 Å². The second-order valence-electron chi connectivity index (χ2n) is 6.10. The van der Waals surface area contributed by atoms with Crippen LogP contribution in [0.4, 0.5) is 11.4 Å². The molecular weight excluding hydrogens is 428 g/mol. The van der Waals surface area contributed by atoms with Crippen LogP contribution in [0.5, 0.6) is 11.5 Å². The molecule has 156 valence electrons. The molecule has 0 aliphatic carbocycles. The fourth-order valence-corrected chi connectivity index (χ4v) is 3.81. The molecule has 0 spiro atoms. The van der Waals surface area contributed by atoms with Gasteiger partial charge in [0.15, 0.2) is 6.61 Å². The van der Waals surface area contributed by atoms with Crippen molar-refractivity contribution in [2.24, 2.45) is 0 Å². The first-order valence-corrected chi connectivity index (χ1v) is 10.7. The molecule has 9 heteroatoms. The van der Waals surface area contributed by atoms with Crippen LogP contribution in [0.2, 0.25) is 5.02 Å². The van der Waals surface area contributed by atoms with E-state index >= 15 is 0 Å². The number of halogens is 1. The maximum atomic E-state index is 12.6. The lowest BCUT2D eigenvalue weighted by Gasteiger charge is -2.12. The van der Waals surface area contributed by atoms with E-state index in [2.05, 4.69) is 10.0 Å². The van der Waals surface area contributed by atoms with E-state index in [4.69, 9.17) is 21.1 Å². The number of methoxy groups -OCH3 is 1. The van der Waals surface area contributed by atoms with E-state index in [0.29, 0.717) is 27.9 Å². The first-order chi connectivity index (χ1) is 14.4. The smallest absolute Gasteiger partial charge is 0.262 e. The minimum Gasteiger partial charge on any atom is -0.495 e. The Bertz CT molecular complexity index is 1130. The van der Waals surface area contributed by atoms with Crippen LogP contribution in [0.3, 0.4) is 0 Å². The van der Waals surface area contributed by atoms with Crippen LogP contribution in [0.15, 0.2) is 77.7 Å². The zero-order valence-corrected chi connectivity index (χ0v) is 17.5. The summed E-state index contributed by atoms with van der Waals surface area (Å²) >= 11 is 5.98. The van der Waals surface area contributed by atoms with Crippen LogP contribution in [0, 0.1) is 0 Å². The Morgan fingerprint density at radius 3 is 2.23 bits per heavy atom. The van der Waals surface area contributed by atoms with Crippen molar-refractivity contribution in [3.63, 3.8) is 0 Å². The first-order valence-electron chi connectivity index (χ1n) is 8.82. The van der Waals surface area contributed by atoms with Gasteiger partial charge in [0.05, 0.1) is 22.7 Å². The molecule has 7 nitrogen and oxygen atoms in total. The Hall–Kier alpha value is -3.23. The van der Waals surface area contributed by atoms with Gasteiger partial charge in [0, 0.05) is 5.69 Å². The summed E-state index contributed by atoms with van der Waals surface area (Å²) in [6.45, 7) is -0.237. The predicted molar refractivity (Wildman–Crippen MR) is 116 cm³/mol. The van der Waals surface area contributed by atoms with E-state index in [1.165, 1.54) is 31.4 Å². The molecule has 0 aliphatic heterocycles. The van der Waals surface area contributed by atoms with E-state index in [1.54, 1.807) is 48.5 Å². The number of hydrogen-bond acceptors (Lipinski definition) is 5. The van der Waals surface area contributed by atoms with E-state index < -0.39 is 15.9 Å². The molecule has 0 aliphatic rings. The lowest BCUT2D eigenvalue weighted by molar-refractivity contribution is -0.118. The second kappa shape index (κ2) is 9.51. The van der Waals surface area contributed by atoms with Crippen LogP contribution in [0.25, 0.3) is 0 Å². The van der Waals surface area contributed by atoms with Crippen LogP contribution in [-0.2, 0) is 14.8 Å². The SMILES string of the molecule is COc1ccccc1NS(=O)(=O)c1ccc(NC(=O)COc2ccccc2Cl)cc1. The van der Waals surface area contributed by atoms with E-state index in [0.717, 1.165) is 0 Å². The van der Waals surface area contributed by atoms with Gasteiger partial charge in [0.1, 0.15) is 11.5 Å². The Morgan fingerprint density at radius 1 is 0.933 bits per heavy atom. The molecule has 0 fully saturated rings. The summed E-state index contributed by atoms with van der Waals surface area (Å²) in [5.41, 5.74) is 0.758. The number of anilines is 2. The molecule has 0 bridgehead atoms. The number of rotatable bonds is 8. The van der Waals surface area contributed by atoms with Gasteiger partial charge in [0.2, 0.25) is 0 Å². The molecule has 3 rings (SSSR count). The zero-order chi connectivity index (χ0) is 21.6. The number of carbonyl (C=O) groups excluding carboxylic acids is 1. The van der Waals surface area contributed by atoms with Gasteiger partial charge >= 0.3 is 0 Å². The highest BCUT2D eigenvalue weighted by molar-refractivity contribution is 7.92. The first kappa shape index (κ1) is 21.5. The standard InChI is InChI=1S/C21H19ClN2O5S/c1-28-20-9-5-3-7-18(20)24-30(26,27)16-12-10-15(11-13-16)23-21(25)14-29-19-8-4-2-6-17(19)22/h2-13,24H,14H2,1H3,(H,23,25). The fourth-order valence-electron chi connectivity index (χ4n) is 2.55. The molecule has 0 aromatic heterocycles. The van der Waals surface area contributed by atoms with Crippen LogP contribution in [0.1, 0.15) is 0 Å². The minimum absolute atomic E-state index is 0.0405. The third-order valence-electron chi connectivity index (χ3n) is 4.00. The Morgan fingerprint density at radius 2 is 1.57 bits per heavy atom. The largest absolute Gasteiger partial charge is 0.495 e. The van der Waals surface area contributed by atoms with Gasteiger partial charge in [-0.1, -0.05) is 35.9 Å². The zero-order valence-electron chi connectivity index (χ0n) is 16.0. The quantitative estimate of drug-likeness (QED) is 0.541. The normalized spacial score (nSPS) is 10.9. The van der Waals surface area contributed by atoms with Gasteiger partial charge in [-0.2, -0.15) is 0 Å². The van der Waals surface area contributed by atoms with Crippen LogP contribution < -0.4 is 19.5 Å². The van der Waals surface area contributed by atoms with Gasteiger partial charge in [-0.3, -0.25) is 9.52 Å². The molecule has 0 radical (unpaired) electrons. The minimum atomic E-state index is -3.82. The number of nitrogens with one attached hydrogen (secondary N) is 2. The number of para-hydroxylation sites is 3. The summed E-state index contributed by atoms with van der Waals surface area (Å²) in [7, 11) is -2.37. The Balaban J connectivity index is 1.62. The topological polar surface area (TPSA) is 93.7 Å². The molecule has 0 heterocycles. The van der Waals surface area contributed by atoms with E-state index in [1.807, 2.05) is 0 Å². The van der Waals surface area contributed by atoms with Gasteiger partial charge in [-0.25, -0.2) is 8.42 Å². The summed E-state index contributed by atoms with van der Waals surface area (Å²) in [4.78, 5) is 12.1. The molecule has 1 amide bonds. The number of ether oxygens (including phenoxy) is 2. The monoisotopic (exact) mass is 446 g/mol. The van der Waals surface area contributed by atoms with Gasteiger partial charge in [-0.15, -0.1) is 0 Å². The molecule has 0 saturated heterocycles. The van der Waals surface area contributed by atoms with Gasteiger partial charge < -0.3 is 14.8 Å². The Kier molecular flexibility index (Phi) is 6.81. The lowest BCUT2D eigenvalue weighted by atomic mass is 10.3. The van der Waals surface area contributed by atoms with Crippen molar-refractivity contribution in [3.8, 4) is 11.5 Å². The van der Waals surface area contributed by atoms with Crippen molar-refractivity contribution in [3.05, 3.63) is 77.8 Å². The molecule has 0 unspecified atom stereocenters. The van der Waals surface area contributed by atoms with Crippen molar-refractivity contribution in [2.45, 2.75) is 4.90 Å². The average Bonchev–Trinajstić information content (AvgIpc) is 2.74.